The average molecular weight is 291 g/mol. The van der Waals surface area contributed by atoms with Crippen molar-refractivity contribution in [3.63, 3.8) is 0 Å². The smallest absolute Gasteiger partial charge is 0.255 e. The molecule has 0 saturated carbocycles. The molecule has 2 aromatic rings. The minimum atomic E-state index is -0.155. The number of nitrogens with one attached hydrogen (secondary N) is 1. The van der Waals surface area contributed by atoms with E-state index in [1.54, 1.807) is 36.6 Å². The summed E-state index contributed by atoms with van der Waals surface area (Å²) in [4.78, 5) is 13.4. The SMILES string of the molecule is COc1ccc(C(=O)NCc2sccc2C)c(OC)c1. The number of rotatable bonds is 5. The summed E-state index contributed by atoms with van der Waals surface area (Å²) >= 11 is 1.64. The number of ether oxygens (including phenoxy) is 2. The molecule has 0 aliphatic rings. The highest BCUT2D eigenvalue weighted by Gasteiger charge is 2.13. The molecular formula is C15H17NO3S. The Morgan fingerprint density at radius 3 is 2.65 bits per heavy atom. The van der Waals surface area contributed by atoms with Crippen molar-refractivity contribution in [2.75, 3.05) is 14.2 Å². The topological polar surface area (TPSA) is 47.6 Å². The van der Waals surface area contributed by atoms with Gasteiger partial charge >= 0.3 is 0 Å². The van der Waals surface area contributed by atoms with Crippen molar-refractivity contribution in [3.8, 4) is 11.5 Å². The second-order valence-electron chi connectivity index (χ2n) is 4.28. The largest absolute Gasteiger partial charge is 0.497 e. The van der Waals surface area contributed by atoms with Crippen molar-refractivity contribution < 1.29 is 14.3 Å². The second-order valence-corrected chi connectivity index (χ2v) is 5.28. The molecule has 1 amide bonds. The van der Waals surface area contributed by atoms with Crippen LogP contribution in [0.25, 0.3) is 0 Å². The van der Waals surface area contributed by atoms with Crippen LogP contribution >= 0.6 is 11.3 Å². The third-order valence-corrected chi connectivity index (χ3v) is 4.05. The first-order valence-corrected chi connectivity index (χ1v) is 7.07. The van der Waals surface area contributed by atoms with E-state index in [-0.39, 0.29) is 5.91 Å². The van der Waals surface area contributed by atoms with Gasteiger partial charge in [-0.05, 0) is 36.1 Å². The second kappa shape index (κ2) is 6.43. The van der Waals surface area contributed by atoms with Gasteiger partial charge in [-0.3, -0.25) is 4.79 Å². The molecule has 5 heteroatoms. The summed E-state index contributed by atoms with van der Waals surface area (Å²) in [6, 6.07) is 7.19. The van der Waals surface area contributed by atoms with Crippen LogP contribution in [0.3, 0.4) is 0 Å². The van der Waals surface area contributed by atoms with Crippen LogP contribution in [0.15, 0.2) is 29.6 Å². The number of hydrogen-bond donors (Lipinski definition) is 1. The molecule has 20 heavy (non-hydrogen) atoms. The Morgan fingerprint density at radius 1 is 1.25 bits per heavy atom. The van der Waals surface area contributed by atoms with Crippen LogP contribution in [-0.4, -0.2) is 20.1 Å². The lowest BCUT2D eigenvalue weighted by molar-refractivity contribution is 0.0948. The Labute approximate surface area is 122 Å². The molecule has 0 bridgehead atoms. The summed E-state index contributed by atoms with van der Waals surface area (Å²) in [5.41, 5.74) is 1.69. The van der Waals surface area contributed by atoms with E-state index in [9.17, 15) is 4.79 Å². The van der Waals surface area contributed by atoms with Crippen LogP contribution < -0.4 is 14.8 Å². The first kappa shape index (κ1) is 14.4. The molecule has 0 aliphatic carbocycles. The number of carbonyl (C=O) groups excluding carboxylic acids is 1. The van der Waals surface area contributed by atoms with Crippen molar-refractivity contribution in [1.29, 1.82) is 0 Å². The molecule has 0 unspecified atom stereocenters. The maximum absolute atomic E-state index is 12.2. The molecule has 2 rings (SSSR count). The van der Waals surface area contributed by atoms with Crippen LogP contribution in [0.4, 0.5) is 0 Å². The first-order chi connectivity index (χ1) is 9.65. The summed E-state index contributed by atoms with van der Waals surface area (Å²) in [6.45, 7) is 2.56. The van der Waals surface area contributed by atoms with E-state index in [0.29, 0.717) is 23.6 Å². The summed E-state index contributed by atoms with van der Waals surface area (Å²) in [5, 5.41) is 4.92. The van der Waals surface area contributed by atoms with Crippen molar-refractivity contribution in [3.05, 3.63) is 45.6 Å². The number of methoxy groups -OCH3 is 2. The van der Waals surface area contributed by atoms with Gasteiger partial charge in [0.25, 0.3) is 5.91 Å². The lowest BCUT2D eigenvalue weighted by Gasteiger charge is -2.10. The Kier molecular flexibility index (Phi) is 4.63. The highest BCUT2D eigenvalue weighted by atomic mass is 32.1. The van der Waals surface area contributed by atoms with Crippen LogP contribution in [0.2, 0.25) is 0 Å². The minimum Gasteiger partial charge on any atom is -0.497 e. The van der Waals surface area contributed by atoms with Crippen LogP contribution in [0, 0.1) is 6.92 Å². The normalized spacial score (nSPS) is 10.2. The average Bonchev–Trinajstić information content (AvgIpc) is 2.89. The zero-order chi connectivity index (χ0) is 14.5. The third-order valence-electron chi connectivity index (χ3n) is 3.03. The van der Waals surface area contributed by atoms with Gasteiger partial charge in [0.2, 0.25) is 0 Å². The van der Waals surface area contributed by atoms with Crippen LogP contribution in [-0.2, 0) is 6.54 Å². The molecule has 1 N–H and O–H groups in total. The first-order valence-electron chi connectivity index (χ1n) is 6.19. The Hall–Kier alpha value is -2.01. The molecule has 1 heterocycles. The van der Waals surface area contributed by atoms with E-state index in [0.717, 1.165) is 4.88 Å². The van der Waals surface area contributed by atoms with Crippen molar-refractivity contribution in [1.82, 2.24) is 5.32 Å². The van der Waals surface area contributed by atoms with Gasteiger partial charge in [-0.15, -0.1) is 11.3 Å². The fourth-order valence-electron chi connectivity index (χ4n) is 1.83. The maximum atomic E-state index is 12.2. The Morgan fingerprint density at radius 2 is 2.05 bits per heavy atom. The highest BCUT2D eigenvalue weighted by Crippen LogP contribution is 2.24. The van der Waals surface area contributed by atoms with Gasteiger partial charge in [-0.1, -0.05) is 0 Å². The molecule has 0 aliphatic heterocycles. The lowest BCUT2D eigenvalue weighted by atomic mass is 10.1. The number of amides is 1. The van der Waals surface area contributed by atoms with Gasteiger partial charge in [0, 0.05) is 10.9 Å². The molecule has 0 radical (unpaired) electrons. The maximum Gasteiger partial charge on any atom is 0.255 e. The summed E-state index contributed by atoms with van der Waals surface area (Å²) < 4.78 is 10.3. The van der Waals surface area contributed by atoms with E-state index in [1.807, 2.05) is 18.4 Å². The van der Waals surface area contributed by atoms with E-state index in [1.165, 1.54) is 12.7 Å². The van der Waals surface area contributed by atoms with E-state index >= 15 is 0 Å². The molecule has 1 aromatic heterocycles. The molecule has 0 saturated heterocycles. The van der Waals surface area contributed by atoms with E-state index in [2.05, 4.69) is 5.32 Å². The fraction of sp³-hybridized carbons (Fsp3) is 0.267. The lowest BCUT2D eigenvalue weighted by Crippen LogP contribution is -2.23. The van der Waals surface area contributed by atoms with Gasteiger partial charge in [-0.2, -0.15) is 0 Å². The number of carbonyl (C=O) groups is 1. The number of thiophene rings is 1. The molecular weight excluding hydrogens is 274 g/mol. The quantitative estimate of drug-likeness (QED) is 0.921. The van der Waals surface area contributed by atoms with Crippen molar-refractivity contribution in [2.24, 2.45) is 0 Å². The van der Waals surface area contributed by atoms with Crippen molar-refractivity contribution >= 4 is 17.2 Å². The number of hydrogen-bond acceptors (Lipinski definition) is 4. The number of benzene rings is 1. The molecule has 1 aromatic carbocycles. The van der Waals surface area contributed by atoms with Gasteiger partial charge in [0.1, 0.15) is 11.5 Å². The molecule has 0 spiro atoms. The molecule has 0 atom stereocenters. The van der Waals surface area contributed by atoms with Gasteiger partial charge < -0.3 is 14.8 Å². The monoisotopic (exact) mass is 291 g/mol. The van der Waals surface area contributed by atoms with Gasteiger partial charge in [0.05, 0.1) is 26.3 Å². The number of aryl methyl sites for hydroxylation is 1. The molecule has 4 nitrogen and oxygen atoms in total. The van der Waals surface area contributed by atoms with E-state index < -0.39 is 0 Å². The van der Waals surface area contributed by atoms with Gasteiger partial charge in [-0.25, -0.2) is 0 Å². The zero-order valence-electron chi connectivity index (χ0n) is 11.7. The summed E-state index contributed by atoms with van der Waals surface area (Å²) in [7, 11) is 3.11. The van der Waals surface area contributed by atoms with Crippen LogP contribution in [0.5, 0.6) is 11.5 Å². The summed E-state index contributed by atoms with van der Waals surface area (Å²) in [6.07, 6.45) is 0. The Bertz CT molecular complexity index is 607. The minimum absolute atomic E-state index is 0.155. The molecule has 0 fully saturated rings. The zero-order valence-corrected chi connectivity index (χ0v) is 12.5. The predicted molar refractivity (Wildman–Crippen MR) is 79.8 cm³/mol. The highest BCUT2D eigenvalue weighted by molar-refractivity contribution is 7.10. The van der Waals surface area contributed by atoms with Gasteiger partial charge in [0.15, 0.2) is 0 Å². The van der Waals surface area contributed by atoms with E-state index in [4.69, 9.17) is 9.47 Å². The van der Waals surface area contributed by atoms with Crippen molar-refractivity contribution in [2.45, 2.75) is 13.5 Å². The third kappa shape index (κ3) is 3.11. The standard InChI is InChI=1S/C15H17NO3S/c1-10-6-7-20-14(10)9-16-15(17)12-5-4-11(18-2)8-13(12)19-3/h4-8H,9H2,1-3H3,(H,16,17). The predicted octanol–water partition coefficient (Wildman–Crippen LogP) is 3.00. The summed E-state index contributed by atoms with van der Waals surface area (Å²) in [5.74, 6) is 1.01. The Balaban J connectivity index is 2.11. The molecule has 106 valence electrons. The fourth-order valence-corrected chi connectivity index (χ4v) is 2.67. The van der Waals surface area contributed by atoms with Crippen LogP contribution in [0.1, 0.15) is 20.8 Å².